The SMILES string of the molecule is C[C@H](OC(=O)CCc1cccs1)C(=O)c1c[nH]c2ccccc12. The highest BCUT2D eigenvalue weighted by atomic mass is 32.1. The Morgan fingerprint density at radius 1 is 1.22 bits per heavy atom. The summed E-state index contributed by atoms with van der Waals surface area (Å²) in [7, 11) is 0. The minimum atomic E-state index is -0.787. The van der Waals surface area contributed by atoms with Crippen LogP contribution in [0.2, 0.25) is 0 Å². The third-order valence-electron chi connectivity index (χ3n) is 3.69. The van der Waals surface area contributed by atoms with E-state index < -0.39 is 6.10 Å². The van der Waals surface area contributed by atoms with Gasteiger partial charge in [-0.1, -0.05) is 24.3 Å². The third-order valence-corrected chi connectivity index (χ3v) is 4.62. The molecule has 3 rings (SSSR count). The number of hydrogen-bond acceptors (Lipinski definition) is 4. The first-order chi connectivity index (χ1) is 11.1. The first-order valence-corrected chi connectivity index (χ1v) is 8.35. The summed E-state index contributed by atoms with van der Waals surface area (Å²) in [4.78, 5) is 28.6. The number of ketones is 1. The molecule has 0 saturated heterocycles. The minimum Gasteiger partial charge on any atom is -0.454 e. The van der Waals surface area contributed by atoms with Crippen LogP contribution in [0.1, 0.15) is 28.6 Å². The molecule has 0 aliphatic heterocycles. The van der Waals surface area contributed by atoms with E-state index in [4.69, 9.17) is 4.74 Å². The summed E-state index contributed by atoms with van der Waals surface area (Å²) in [5, 5.41) is 2.82. The van der Waals surface area contributed by atoms with Crippen LogP contribution in [0.15, 0.2) is 48.0 Å². The number of rotatable bonds is 6. The number of esters is 1. The lowest BCUT2D eigenvalue weighted by Gasteiger charge is -2.11. The molecule has 2 aromatic heterocycles. The van der Waals surface area contributed by atoms with Gasteiger partial charge in [0.15, 0.2) is 6.10 Å². The predicted octanol–water partition coefficient (Wildman–Crippen LogP) is 3.98. The lowest BCUT2D eigenvalue weighted by atomic mass is 10.1. The van der Waals surface area contributed by atoms with Crippen LogP contribution in [0.4, 0.5) is 0 Å². The summed E-state index contributed by atoms with van der Waals surface area (Å²) in [5.41, 5.74) is 1.45. The standard InChI is InChI=1S/C18H17NO3S/c1-12(22-17(20)9-8-13-5-4-10-23-13)18(21)15-11-19-16-7-3-2-6-14(15)16/h2-7,10-12,19H,8-9H2,1H3/t12-/m0/s1. The van der Waals surface area contributed by atoms with Gasteiger partial charge < -0.3 is 9.72 Å². The fourth-order valence-corrected chi connectivity index (χ4v) is 3.19. The van der Waals surface area contributed by atoms with Crippen molar-refractivity contribution in [3.8, 4) is 0 Å². The van der Waals surface area contributed by atoms with Crippen molar-refractivity contribution in [1.82, 2.24) is 4.98 Å². The third kappa shape index (κ3) is 3.51. The highest BCUT2D eigenvalue weighted by molar-refractivity contribution is 7.09. The minimum absolute atomic E-state index is 0.188. The Kier molecular flexibility index (Phi) is 4.57. The molecule has 3 aromatic rings. The number of H-pyrrole nitrogens is 1. The molecule has 0 radical (unpaired) electrons. The fraction of sp³-hybridized carbons (Fsp3) is 0.222. The fourth-order valence-electron chi connectivity index (χ4n) is 2.48. The molecule has 0 fully saturated rings. The zero-order valence-corrected chi connectivity index (χ0v) is 13.6. The van der Waals surface area contributed by atoms with Crippen molar-refractivity contribution in [2.75, 3.05) is 0 Å². The van der Waals surface area contributed by atoms with E-state index >= 15 is 0 Å². The zero-order valence-electron chi connectivity index (χ0n) is 12.7. The second kappa shape index (κ2) is 6.79. The van der Waals surface area contributed by atoms with Crippen LogP contribution in [-0.2, 0) is 16.0 Å². The molecule has 0 aliphatic rings. The number of aryl methyl sites for hydroxylation is 1. The summed E-state index contributed by atoms with van der Waals surface area (Å²) in [6.45, 7) is 1.62. The molecular weight excluding hydrogens is 310 g/mol. The van der Waals surface area contributed by atoms with Crippen molar-refractivity contribution in [2.45, 2.75) is 25.9 Å². The molecule has 0 bridgehead atoms. The number of carbonyl (C=O) groups is 2. The Morgan fingerprint density at radius 2 is 2.04 bits per heavy atom. The number of Topliss-reactive ketones (excluding diaryl/α,β-unsaturated/α-hetero) is 1. The number of fused-ring (bicyclic) bond motifs is 1. The smallest absolute Gasteiger partial charge is 0.306 e. The molecular formula is C18H17NO3S. The average molecular weight is 327 g/mol. The number of hydrogen-bond donors (Lipinski definition) is 1. The van der Waals surface area contributed by atoms with E-state index in [2.05, 4.69) is 4.98 Å². The van der Waals surface area contributed by atoms with Crippen molar-refractivity contribution in [2.24, 2.45) is 0 Å². The van der Waals surface area contributed by atoms with E-state index in [1.54, 1.807) is 24.5 Å². The summed E-state index contributed by atoms with van der Waals surface area (Å²) < 4.78 is 5.29. The molecule has 4 nitrogen and oxygen atoms in total. The van der Waals surface area contributed by atoms with E-state index in [0.717, 1.165) is 15.8 Å². The summed E-state index contributed by atoms with van der Waals surface area (Å²) in [6.07, 6.45) is 1.81. The Labute approximate surface area is 138 Å². The highest BCUT2D eigenvalue weighted by Gasteiger charge is 2.22. The largest absolute Gasteiger partial charge is 0.454 e. The summed E-state index contributed by atoms with van der Waals surface area (Å²) in [5.74, 6) is -0.536. The van der Waals surface area contributed by atoms with Gasteiger partial charge in [0.05, 0.1) is 6.42 Å². The number of ether oxygens (including phenoxy) is 1. The molecule has 1 atom stereocenters. The predicted molar refractivity (Wildman–Crippen MR) is 90.8 cm³/mol. The summed E-state index contributed by atoms with van der Waals surface area (Å²) >= 11 is 1.61. The first-order valence-electron chi connectivity index (χ1n) is 7.47. The van der Waals surface area contributed by atoms with Crippen molar-refractivity contribution in [3.05, 3.63) is 58.4 Å². The average Bonchev–Trinajstić information content (AvgIpc) is 3.21. The topological polar surface area (TPSA) is 59.2 Å². The second-order valence-corrected chi connectivity index (χ2v) is 6.36. The maximum absolute atomic E-state index is 12.5. The van der Waals surface area contributed by atoms with Gasteiger partial charge in [-0.2, -0.15) is 0 Å². The van der Waals surface area contributed by atoms with Gasteiger partial charge in [-0.3, -0.25) is 9.59 Å². The Bertz CT molecular complexity index is 820. The number of carbonyl (C=O) groups excluding carboxylic acids is 2. The normalized spacial score (nSPS) is 12.2. The van der Waals surface area contributed by atoms with Crippen molar-refractivity contribution in [1.29, 1.82) is 0 Å². The van der Waals surface area contributed by atoms with Gasteiger partial charge in [-0.05, 0) is 30.9 Å². The van der Waals surface area contributed by atoms with Crippen molar-refractivity contribution < 1.29 is 14.3 Å². The monoisotopic (exact) mass is 327 g/mol. The molecule has 0 unspecified atom stereocenters. The number of para-hydroxylation sites is 1. The van der Waals surface area contributed by atoms with Crippen molar-refractivity contribution >= 4 is 34.0 Å². The maximum Gasteiger partial charge on any atom is 0.306 e. The van der Waals surface area contributed by atoms with Crippen molar-refractivity contribution in [3.63, 3.8) is 0 Å². The lowest BCUT2D eigenvalue weighted by Crippen LogP contribution is -2.24. The Balaban J connectivity index is 1.62. The summed E-state index contributed by atoms with van der Waals surface area (Å²) in [6, 6.07) is 11.5. The maximum atomic E-state index is 12.5. The molecule has 1 aromatic carbocycles. The zero-order chi connectivity index (χ0) is 16.2. The molecule has 0 spiro atoms. The van der Waals surface area contributed by atoms with Gasteiger partial charge in [0.25, 0.3) is 0 Å². The van der Waals surface area contributed by atoms with Gasteiger partial charge in [-0.25, -0.2) is 0 Å². The molecule has 1 N–H and O–H groups in total. The highest BCUT2D eigenvalue weighted by Crippen LogP contribution is 2.20. The number of aromatic amines is 1. The molecule has 0 amide bonds. The molecule has 2 heterocycles. The van der Waals surface area contributed by atoms with Gasteiger partial charge in [-0.15, -0.1) is 11.3 Å². The van der Waals surface area contributed by atoms with Gasteiger partial charge >= 0.3 is 5.97 Å². The Morgan fingerprint density at radius 3 is 2.83 bits per heavy atom. The van der Waals surface area contributed by atoms with Crippen LogP contribution in [-0.4, -0.2) is 22.8 Å². The van der Waals surface area contributed by atoms with E-state index in [1.807, 2.05) is 41.8 Å². The molecule has 0 saturated carbocycles. The molecule has 23 heavy (non-hydrogen) atoms. The molecule has 118 valence electrons. The Hall–Kier alpha value is -2.40. The van der Waals surface area contributed by atoms with Gasteiger partial charge in [0.2, 0.25) is 5.78 Å². The van der Waals surface area contributed by atoms with Gasteiger partial charge in [0.1, 0.15) is 0 Å². The number of aromatic nitrogens is 1. The molecule has 5 heteroatoms. The quantitative estimate of drug-likeness (QED) is 0.550. The van der Waals surface area contributed by atoms with Crippen LogP contribution >= 0.6 is 11.3 Å². The van der Waals surface area contributed by atoms with Crippen LogP contribution in [0.3, 0.4) is 0 Å². The number of benzene rings is 1. The van der Waals surface area contributed by atoms with E-state index in [1.165, 1.54) is 0 Å². The second-order valence-electron chi connectivity index (χ2n) is 5.32. The van der Waals surface area contributed by atoms with Gasteiger partial charge in [0, 0.05) is 27.5 Å². The van der Waals surface area contributed by atoms with Crippen LogP contribution in [0.25, 0.3) is 10.9 Å². The van der Waals surface area contributed by atoms with Crippen LogP contribution in [0.5, 0.6) is 0 Å². The van der Waals surface area contributed by atoms with E-state index in [-0.39, 0.29) is 18.2 Å². The number of nitrogens with one attached hydrogen (secondary N) is 1. The first kappa shape index (κ1) is 15.5. The van der Waals surface area contributed by atoms with E-state index in [9.17, 15) is 9.59 Å². The lowest BCUT2D eigenvalue weighted by molar-refractivity contribution is -0.146. The van der Waals surface area contributed by atoms with E-state index in [0.29, 0.717) is 12.0 Å². The van der Waals surface area contributed by atoms with Crippen LogP contribution in [0, 0.1) is 0 Å². The van der Waals surface area contributed by atoms with Crippen LogP contribution < -0.4 is 0 Å². The number of thiophene rings is 1. The molecule has 0 aliphatic carbocycles.